The van der Waals surface area contributed by atoms with E-state index in [1.54, 1.807) is 0 Å². The average Bonchev–Trinajstić information content (AvgIpc) is 3.21. The number of amidine groups is 1. The Balaban J connectivity index is 1.67. The molecule has 10 heteroatoms. The number of carbonyl (C=O) groups excluding carboxylic acids is 2. The molecule has 1 aromatic heterocycles. The van der Waals surface area contributed by atoms with E-state index >= 15 is 0 Å². The average molecular weight is 416 g/mol. The molecule has 1 saturated heterocycles. The molecule has 0 bridgehead atoms. The summed E-state index contributed by atoms with van der Waals surface area (Å²) in [6.07, 6.45) is 0.0103. The lowest BCUT2D eigenvalue weighted by molar-refractivity contribution is -0.123. The maximum atomic E-state index is 12.5. The highest BCUT2D eigenvalue weighted by molar-refractivity contribution is 8.15. The Morgan fingerprint density at radius 1 is 1.25 bits per heavy atom. The van der Waals surface area contributed by atoms with Gasteiger partial charge in [0.15, 0.2) is 5.17 Å². The van der Waals surface area contributed by atoms with E-state index in [1.807, 2.05) is 24.4 Å². The molecule has 0 spiro atoms. The summed E-state index contributed by atoms with van der Waals surface area (Å²) in [5.41, 5.74) is 1.28. The van der Waals surface area contributed by atoms with Crippen molar-refractivity contribution in [1.82, 2.24) is 5.32 Å². The van der Waals surface area contributed by atoms with Crippen LogP contribution in [-0.4, -0.2) is 39.0 Å². The third kappa shape index (κ3) is 5.05. The Hall–Kier alpha value is -2.98. The first kappa shape index (κ1) is 19.8. The topological polar surface area (TPSA) is 120 Å². The molecule has 0 saturated carbocycles. The molecule has 28 heavy (non-hydrogen) atoms. The van der Waals surface area contributed by atoms with Crippen molar-refractivity contribution in [1.29, 1.82) is 0 Å². The van der Waals surface area contributed by atoms with Crippen LogP contribution in [0.2, 0.25) is 0 Å². The van der Waals surface area contributed by atoms with Crippen LogP contribution in [0.1, 0.15) is 28.6 Å². The predicted molar refractivity (Wildman–Crippen MR) is 110 cm³/mol. The van der Waals surface area contributed by atoms with Crippen LogP contribution in [-0.2, 0) is 9.59 Å². The molecule has 0 unspecified atom stereocenters. The SMILES string of the molecule is CC(=NN=C1NC(=O)C[C@@H](C(=O)Nc2ccc(C(=O)O)cc2)S1)c1cccs1. The Labute approximate surface area is 168 Å². The number of thiophene rings is 1. The summed E-state index contributed by atoms with van der Waals surface area (Å²) in [5, 5.41) is 23.9. The lowest BCUT2D eigenvalue weighted by Gasteiger charge is -2.21. The van der Waals surface area contributed by atoms with Gasteiger partial charge in [-0.2, -0.15) is 5.10 Å². The van der Waals surface area contributed by atoms with Gasteiger partial charge in [-0.1, -0.05) is 17.8 Å². The molecule has 8 nitrogen and oxygen atoms in total. The summed E-state index contributed by atoms with van der Waals surface area (Å²) in [7, 11) is 0. The number of anilines is 1. The molecule has 0 aliphatic carbocycles. The van der Waals surface area contributed by atoms with Crippen molar-refractivity contribution in [2.24, 2.45) is 10.2 Å². The number of nitrogens with zero attached hydrogens (tertiary/aromatic N) is 2. The number of hydrogen-bond acceptors (Lipinski definition) is 7. The largest absolute Gasteiger partial charge is 0.478 e. The number of amides is 2. The number of carbonyl (C=O) groups is 3. The number of hydrogen-bond donors (Lipinski definition) is 3. The third-order valence-corrected chi connectivity index (χ3v) is 5.78. The van der Waals surface area contributed by atoms with Gasteiger partial charge >= 0.3 is 5.97 Å². The number of aromatic carboxylic acids is 1. The van der Waals surface area contributed by atoms with Gasteiger partial charge in [0, 0.05) is 12.1 Å². The highest BCUT2D eigenvalue weighted by Crippen LogP contribution is 2.23. The van der Waals surface area contributed by atoms with Crippen LogP contribution in [0.15, 0.2) is 52.0 Å². The molecule has 1 aliphatic rings. The summed E-state index contributed by atoms with van der Waals surface area (Å²) in [6.45, 7) is 1.82. The lowest BCUT2D eigenvalue weighted by atomic mass is 10.2. The number of carboxylic acids is 1. The zero-order chi connectivity index (χ0) is 20.1. The molecule has 1 aliphatic heterocycles. The summed E-state index contributed by atoms with van der Waals surface area (Å²) < 4.78 is 0. The van der Waals surface area contributed by atoms with E-state index in [-0.39, 0.29) is 29.0 Å². The molecular weight excluding hydrogens is 400 g/mol. The normalized spacial score (nSPS) is 18.6. The molecule has 2 aromatic rings. The second-order valence-electron chi connectivity index (χ2n) is 5.80. The maximum absolute atomic E-state index is 12.5. The van der Waals surface area contributed by atoms with Gasteiger partial charge in [0.2, 0.25) is 11.8 Å². The van der Waals surface area contributed by atoms with E-state index in [9.17, 15) is 14.4 Å². The maximum Gasteiger partial charge on any atom is 0.335 e. The molecule has 1 fully saturated rings. The van der Waals surface area contributed by atoms with Crippen molar-refractivity contribution in [3.8, 4) is 0 Å². The fraction of sp³-hybridized carbons (Fsp3) is 0.167. The van der Waals surface area contributed by atoms with E-state index in [1.165, 1.54) is 35.6 Å². The van der Waals surface area contributed by atoms with Crippen LogP contribution in [0, 0.1) is 0 Å². The second kappa shape index (κ2) is 8.81. The number of carboxylic acid groups (broad SMARTS) is 1. The molecule has 3 N–H and O–H groups in total. The molecule has 0 radical (unpaired) electrons. The van der Waals surface area contributed by atoms with Crippen LogP contribution in [0.25, 0.3) is 0 Å². The number of rotatable bonds is 5. The first-order chi connectivity index (χ1) is 13.4. The molecule has 144 valence electrons. The molecule has 1 aromatic carbocycles. The Morgan fingerprint density at radius 2 is 2.00 bits per heavy atom. The molecule has 1 atom stereocenters. The van der Waals surface area contributed by atoms with E-state index in [0.717, 1.165) is 16.6 Å². The Bertz CT molecular complexity index is 952. The zero-order valence-corrected chi connectivity index (χ0v) is 16.3. The van der Waals surface area contributed by atoms with E-state index in [0.29, 0.717) is 11.4 Å². The van der Waals surface area contributed by atoms with E-state index in [2.05, 4.69) is 20.8 Å². The zero-order valence-electron chi connectivity index (χ0n) is 14.7. The van der Waals surface area contributed by atoms with Gasteiger partial charge in [-0.15, -0.1) is 16.4 Å². The van der Waals surface area contributed by atoms with Gasteiger partial charge in [-0.25, -0.2) is 4.79 Å². The van der Waals surface area contributed by atoms with Crippen LogP contribution in [0.5, 0.6) is 0 Å². The Morgan fingerprint density at radius 3 is 2.64 bits per heavy atom. The fourth-order valence-electron chi connectivity index (χ4n) is 2.31. The van der Waals surface area contributed by atoms with Gasteiger partial charge in [-0.3, -0.25) is 9.59 Å². The highest BCUT2D eigenvalue weighted by atomic mass is 32.2. The van der Waals surface area contributed by atoms with Crippen molar-refractivity contribution >= 4 is 57.4 Å². The first-order valence-electron chi connectivity index (χ1n) is 8.19. The second-order valence-corrected chi connectivity index (χ2v) is 7.94. The number of benzene rings is 1. The van der Waals surface area contributed by atoms with Crippen molar-refractivity contribution in [3.05, 3.63) is 52.2 Å². The minimum atomic E-state index is -1.04. The monoisotopic (exact) mass is 416 g/mol. The molecule has 3 rings (SSSR count). The molecular formula is C18H16N4O4S2. The van der Waals surface area contributed by atoms with Crippen LogP contribution in [0.4, 0.5) is 5.69 Å². The minimum Gasteiger partial charge on any atom is -0.478 e. The van der Waals surface area contributed by atoms with Crippen LogP contribution in [0.3, 0.4) is 0 Å². The van der Waals surface area contributed by atoms with E-state index < -0.39 is 11.2 Å². The Kier molecular flexibility index (Phi) is 6.22. The molecule has 2 amide bonds. The van der Waals surface area contributed by atoms with Crippen LogP contribution >= 0.6 is 23.1 Å². The fourth-order valence-corrected chi connectivity index (χ4v) is 3.92. The molecule has 2 heterocycles. The van der Waals surface area contributed by atoms with Gasteiger partial charge in [0.1, 0.15) is 5.25 Å². The standard InChI is InChI=1S/C18H16N4O4S2/c1-10(13-3-2-8-27-13)21-22-18-20-15(23)9-14(28-18)16(24)19-12-6-4-11(5-7-12)17(25)26/h2-8,14H,9H2,1H3,(H,19,24)(H,25,26)(H,20,22,23)/t14-/m0/s1. The smallest absolute Gasteiger partial charge is 0.335 e. The van der Waals surface area contributed by atoms with Crippen molar-refractivity contribution in [2.75, 3.05) is 5.32 Å². The van der Waals surface area contributed by atoms with Crippen molar-refractivity contribution in [2.45, 2.75) is 18.6 Å². The van der Waals surface area contributed by atoms with Gasteiger partial charge in [-0.05, 0) is 42.6 Å². The summed E-state index contributed by atoms with van der Waals surface area (Å²) in [4.78, 5) is 36.3. The summed E-state index contributed by atoms with van der Waals surface area (Å²) in [6, 6.07) is 9.62. The highest BCUT2D eigenvalue weighted by Gasteiger charge is 2.30. The summed E-state index contributed by atoms with van der Waals surface area (Å²) >= 11 is 2.65. The van der Waals surface area contributed by atoms with Gasteiger partial charge in [0.25, 0.3) is 0 Å². The summed E-state index contributed by atoms with van der Waals surface area (Å²) in [5.74, 6) is -1.73. The predicted octanol–water partition coefficient (Wildman–Crippen LogP) is 2.79. The van der Waals surface area contributed by atoms with Crippen molar-refractivity contribution < 1.29 is 19.5 Å². The van der Waals surface area contributed by atoms with E-state index in [4.69, 9.17) is 5.11 Å². The van der Waals surface area contributed by atoms with Gasteiger partial charge in [0.05, 0.1) is 16.2 Å². The lowest BCUT2D eigenvalue weighted by Crippen LogP contribution is -2.41. The van der Waals surface area contributed by atoms with Crippen LogP contribution < -0.4 is 10.6 Å². The minimum absolute atomic E-state index is 0.0103. The number of thioether (sulfide) groups is 1. The third-order valence-electron chi connectivity index (χ3n) is 3.73. The number of nitrogens with one attached hydrogen (secondary N) is 2. The first-order valence-corrected chi connectivity index (χ1v) is 9.95. The quantitative estimate of drug-likeness (QED) is 0.511. The van der Waals surface area contributed by atoms with Gasteiger partial charge < -0.3 is 15.7 Å². The van der Waals surface area contributed by atoms with Crippen molar-refractivity contribution in [3.63, 3.8) is 0 Å².